The fraction of sp³-hybridized carbons (Fsp3) is 0.500. The maximum Gasteiger partial charge on any atom is 0.170 e. The number of hydrogen-bond donors (Lipinski definition) is 4. The second kappa shape index (κ2) is 6.04. The summed E-state index contributed by atoms with van der Waals surface area (Å²) in [4.78, 5) is 0. The average Bonchev–Trinajstić information content (AvgIpc) is 2.36. The lowest BCUT2D eigenvalue weighted by Crippen LogP contribution is -2.47. The van der Waals surface area contributed by atoms with Gasteiger partial charge in [0.15, 0.2) is 5.84 Å². The minimum Gasteiger partial charge on any atom is -0.409 e. The summed E-state index contributed by atoms with van der Waals surface area (Å²) >= 11 is 0. The molecule has 0 radical (unpaired) electrons. The standard InChI is InChI=1S/C14H23N3O2/c1-9-7-11(13(15)17-19)5-6-12(9)8-16-14(3,4)10(2)18/h5-7,10,16,18-19H,8H2,1-4H3,(H2,15,17). The molecule has 0 aliphatic rings. The van der Waals surface area contributed by atoms with Crippen molar-refractivity contribution in [2.24, 2.45) is 10.9 Å². The van der Waals surface area contributed by atoms with E-state index in [1.807, 2.05) is 39.0 Å². The molecule has 0 spiro atoms. The number of benzene rings is 1. The first kappa shape index (κ1) is 15.5. The lowest BCUT2D eigenvalue weighted by Gasteiger charge is -2.30. The fourth-order valence-corrected chi connectivity index (χ4v) is 1.58. The maximum absolute atomic E-state index is 9.65. The molecule has 1 atom stereocenters. The van der Waals surface area contributed by atoms with Gasteiger partial charge < -0.3 is 21.4 Å². The van der Waals surface area contributed by atoms with Gasteiger partial charge in [-0.15, -0.1) is 0 Å². The SMILES string of the molecule is Cc1cc(/C(N)=N/O)ccc1CNC(C)(C)C(C)O. The molecule has 5 N–H and O–H groups in total. The Morgan fingerprint density at radius 3 is 2.58 bits per heavy atom. The van der Waals surface area contributed by atoms with E-state index in [9.17, 15) is 5.11 Å². The van der Waals surface area contributed by atoms with Crippen molar-refractivity contribution < 1.29 is 10.3 Å². The molecule has 0 saturated heterocycles. The van der Waals surface area contributed by atoms with Crippen molar-refractivity contribution in [1.82, 2.24) is 5.32 Å². The van der Waals surface area contributed by atoms with Crippen molar-refractivity contribution in [2.75, 3.05) is 0 Å². The summed E-state index contributed by atoms with van der Waals surface area (Å²) in [5, 5.41) is 24.6. The highest BCUT2D eigenvalue weighted by Gasteiger charge is 2.23. The van der Waals surface area contributed by atoms with Crippen molar-refractivity contribution in [3.8, 4) is 0 Å². The van der Waals surface area contributed by atoms with Gasteiger partial charge in [0.05, 0.1) is 6.10 Å². The van der Waals surface area contributed by atoms with Gasteiger partial charge in [0.2, 0.25) is 0 Å². The second-order valence-electron chi connectivity index (χ2n) is 5.38. The molecule has 0 fully saturated rings. The Kier molecular flexibility index (Phi) is 4.91. The van der Waals surface area contributed by atoms with Crippen LogP contribution in [0.15, 0.2) is 23.4 Å². The van der Waals surface area contributed by atoms with Gasteiger partial charge in [-0.3, -0.25) is 0 Å². The molecule has 5 nitrogen and oxygen atoms in total. The van der Waals surface area contributed by atoms with Crippen molar-refractivity contribution in [3.05, 3.63) is 34.9 Å². The predicted molar refractivity (Wildman–Crippen MR) is 76.3 cm³/mol. The van der Waals surface area contributed by atoms with E-state index < -0.39 is 6.10 Å². The Labute approximate surface area is 114 Å². The smallest absolute Gasteiger partial charge is 0.170 e. The van der Waals surface area contributed by atoms with Gasteiger partial charge in [-0.2, -0.15) is 0 Å². The van der Waals surface area contributed by atoms with Gasteiger partial charge in [0.1, 0.15) is 0 Å². The van der Waals surface area contributed by atoms with Gasteiger partial charge in [-0.1, -0.05) is 17.3 Å². The number of amidine groups is 1. The van der Waals surface area contributed by atoms with E-state index in [1.54, 1.807) is 6.92 Å². The molecular weight excluding hydrogens is 242 g/mol. The Balaban J connectivity index is 2.82. The van der Waals surface area contributed by atoms with Crippen LogP contribution < -0.4 is 11.1 Å². The molecule has 1 aromatic carbocycles. The van der Waals surface area contributed by atoms with E-state index in [2.05, 4.69) is 10.5 Å². The Hall–Kier alpha value is -1.59. The van der Waals surface area contributed by atoms with E-state index in [0.29, 0.717) is 12.1 Å². The first-order valence-corrected chi connectivity index (χ1v) is 6.28. The van der Waals surface area contributed by atoms with Crippen molar-refractivity contribution in [3.63, 3.8) is 0 Å². The lowest BCUT2D eigenvalue weighted by atomic mass is 9.97. The van der Waals surface area contributed by atoms with Crippen LogP contribution in [-0.4, -0.2) is 27.8 Å². The molecule has 0 heterocycles. The van der Waals surface area contributed by atoms with Gasteiger partial charge in [-0.05, 0) is 44.9 Å². The Bertz CT molecular complexity index is 468. The fourth-order valence-electron chi connectivity index (χ4n) is 1.58. The molecule has 1 aromatic rings. The topological polar surface area (TPSA) is 90.9 Å². The number of oxime groups is 1. The van der Waals surface area contributed by atoms with Gasteiger partial charge in [-0.25, -0.2) is 0 Å². The first-order chi connectivity index (χ1) is 8.77. The number of hydrogen-bond acceptors (Lipinski definition) is 4. The van der Waals surface area contributed by atoms with E-state index in [0.717, 1.165) is 11.1 Å². The lowest BCUT2D eigenvalue weighted by molar-refractivity contribution is 0.0956. The average molecular weight is 265 g/mol. The van der Waals surface area contributed by atoms with E-state index in [1.165, 1.54) is 0 Å². The Morgan fingerprint density at radius 2 is 2.11 bits per heavy atom. The van der Waals surface area contributed by atoms with Crippen LogP contribution in [0, 0.1) is 6.92 Å². The number of nitrogens with two attached hydrogens (primary N) is 1. The highest BCUT2D eigenvalue weighted by atomic mass is 16.4. The van der Waals surface area contributed by atoms with Crippen LogP contribution in [0.4, 0.5) is 0 Å². The van der Waals surface area contributed by atoms with Gasteiger partial charge in [0.25, 0.3) is 0 Å². The van der Waals surface area contributed by atoms with Crippen LogP contribution in [0.3, 0.4) is 0 Å². The van der Waals surface area contributed by atoms with Crippen LogP contribution in [0.1, 0.15) is 37.5 Å². The molecule has 106 valence electrons. The number of nitrogens with zero attached hydrogens (tertiary/aromatic N) is 1. The van der Waals surface area contributed by atoms with Crippen LogP contribution in [0.5, 0.6) is 0 Å². The monoisotopic (exact) mass is 265 g/mol. The number of aryl methyl sites for hydroxylation is 1. The number of nitrogens with one attached hydrogen (secondary N) is 1. The molecule has 5 heteroatoms. The van der Waals surface area contributed by atoms with Crippen LogP contribution in [0.2, 0.25) is 0 Å². The molecule has 0 amide bonds. The van der Waals surface area contributed by atoms with Crippen molar-refractivity contribution in [1.29, 1.82) is 0 Å². The van der Waals surface area contributed by atoms with Gasteiger partial charge >= 0.3 is 0 Å². The van der Waals surface area contributed by atoms with Crippen LogP contribution in [0.25, 0.3) is 0 Å². The second-order valence-corrected chi connectivity index (χ2v) is 5.38. The van der Waals surface area contributed by atoms with E-state index in [-0.39, 0.29) is 11.4 Å². The maximum atomic E-state index is 9.65. The molecule has 0 aliphatic carbocycles. The summed E-state index contributed by atoms with van der Waals surface area (Å²) in [6.07, 6.45) is -0.441. The van der Waals surface area contributed by atoms with E-state index >= 15 is 0 Å². The molecule has 0 saturated carbocycles. The van der Waals surface area contributed by atoms with Crippen LogP contribution in [-0.2, 0) is 6.54 Å². The summed E-state index contributed by atoms with van der Waals surface area (Å²) in [5.74, 6) is 0.104. The quantitative estimate of drug-likeness (QED) is 0.280. The molecule has 0 bridgehead atoms. The zero-order chi connectivity index (χ0) is 14.6. The summed E-state index contributed by atoms with van der Waals surface area (Å²) in [5.41, 5.74) is 8.06. The molecule has 1 unspecified atom stereocenters. The zero-order valence-corrected chi connectivity index (χ0v) is 11.9. The third-order valence-corrected chi connectivity index (χ3v) is 3.52. The molecule has 0 aromatic heterocycles. The van der Waals surface area contributed by atoms with Crippen molar-refractivity contribution in [2.45, 2.75) is 45.9 Å². The largest absolute Gasteiger partial charge is 0.409 e. The summed E-state index contributed by atoms with van der Waals surface area (Å²) < 4.78 is 0. The van der Waals surface area contributed by atoms with E-state index in [4.69, 9.17) is 10.9 Å². The third kappa shape index (κ3) is 3.94. The summed E-state index contributed by atoms with van der Waals surface area (Å²) in [6.45, 7) is 8.30. The number of aliphatic hydroxyl groups excluding tert-OH is 1. The highest BCUT2D eigenvalue weighted by molar-refractivity contribution is 5.97. The summed E-state index contributed by atoms with van der Waals surface area (Å²) in [7, 11) is 0. The van der Waals surface area contributed by atoms with Crippen molar-refractivity contribution >= 4 is 5.84 Å². The minimum absolute atomic E-state index is 0.104. The minimum atomic E-state index is -0.441. The zero-order valence-electron chi connectivity index (χ0n) is 11.9. The number of aliphatic hydroxyl groups is 1. The molecular formula is C14H23N3O2. The molecule has 0 aliphatic heterocycles. The third-order valence-electron chi connectivity index (χ3n) is 3.52. The molecule has 1 rings (SSSR count). The normalized spacial score (nSPS) is 14.5. The Morgan fingerprint density at radius 1 is 1.47 bits per heavy atom. The predicted octanol–water partition coefficient (Wildman–Crippen LogP) is 1.34. The number of rotatable bonds is 5. The summed E-state index contributed by atoms with van der Waals surface area (Å²) in [6, 6.07) is 5.63. The first-order valence-electron chi connectivity index (χ1n) is 6.28. The van der Waals surface area contributed by atoms with Crippen LogP contribution >= 0.6 is 0 Å². The molecule has 19 heavy (non-hydrogen) atoms. The van der Waals surface area contributed by atoms with Gasteiger partial charge in [0, 0.05) is 17.6 Å². The highest BCUT2D eigenvalue weighted by Crippen LogP contribution is 2.14.